The Labute approximate surface area is 214 Å². The lowest BCUT2D eigenvalue weighted by atomic mass is 9.91. The molecule has 0 bridgehead atoms. The number of amides is 4. The van der Waals surface area contributed by atoms with Crippen LogP contribution >= 0.6 is 0 Å². The van der Waals surface area contributed by atoms with Gasteiger partial charge in [-0.25, -0.2) is 9.48 Å². The van der Waals surface area contributed by atoms with Gasteiger partial charge in [-0.1, -0.05) is 77.9 Å². The van der Waals surface area contributed by atoms with Crippen LogP contribution in [-0.2, 0) is 15.1 Å². The van der Waals surface area contributed by atoms with Crippen LogP contribution in [0.4, 0.5) is 10.6 Å². The number of aryl methyl sites for hydroxylation is 2. The summed E-state index contributed by atoms with van der Waals surface area (Å²) in [6.45, 7) is 5.18. The van der Waals surface area contributed by atoms with E-state index in [-0.39, 0.29) is 0 Å². The van der Waals surface area contributed by atoms with E-state index in [0.717, 1.165) is 27.3 Å². The van der Waals surface area contributed by atoms with Gasteiger partial charge in [-0.15, -0.1) is 0 Å². The van der Waals surface area contributed by atoms with Gasteiger partial charge in [0, 0.05) is 11.6 Å². The normalized spacial score (nSPS) is 17.1. The second-order valence-electron chi connectivity index (χ2n) is 9.39. The van der Waals surface area contributed by atoms with Crippen molar-refractivity contribution in [3.63, 3.8) is 0 Å². The Morgan fingerprint density at radius 3 is 2.19 bits per heavy atom. The second kappa shape index (κ2) is 9.39. The summed E-state index contributed by atoms with van der Waals surface area (Å²) in [5, 5.41) is 10.3. The number of carbonyl (C=O) groups is 3. The molecule has 4 aromatic rings. The summed E-state index contributed by atoms with van der Waals surface area (Å²) in [5.41, 5.74) is 3.93. The van der Waals surface area contributed by atoms with Crippen molar-refractivity contribution >= 4 is 23.7 Å². The first-order valence-corrected chi connectivity index (χ1v) is 12.0. The molecule has 8 nitrogen and oxygen atoms in total. The predicted molar refractivity (Wildman–Crippen MR) is 141 cm³/mol. The molecule has 0 saturated carbocycles. The molecular formula is C29H27N5O3. The Kier molecular flexibility index (Phi) is 6.09. The van der Waals surface area contributed by atoms with E-state index >= 15 is 0 Å². The molecule has 37 heavy (non-hydrogen) atoms. The molecule has 3 aromatic carbocycles. The lowest BCUT2D eigenvalue weighted by Gasteiger charge is -2.22. The van der Waals surface area contributed by atoms with Crippen molar-refractivity contribution in [1.29, 1.82) is 0 Å². The fraction of sp³-hybridized carbons (Fsp3) is 0.172. The maximum absolute atomic E-state index is 13.3. The standard InChI is InChI=1S/C29H27N5O3/c1-19-9-13-21(14-10-19)24-17-25(34(32-24)23-7-5-4-6-8-23)30-26(35)18-33-27(36)29(3,31-28(33)37)22-15-11-20(2)12-16-22/h4-17H,18H2,1-3H3,(H,30,35)(H,31,37). The number of para-hydroxylation sites is 1. The number of benzene rings is 3. The number of hydrogen-bond acceptors (Lipinski definition) is 4. The Bertz CT molecular complexity index is 1480. The molecule has 1 aliphatic heterocycles. The van der Waals surface area contributed by atoms with Crippen LogP contribution in [0.3, 0.4) is 0 Å². The van der Waals surface area contributed by atoms with Crippen molar-refractivity contribution < 1.29 is 14.4 Å². The topological polar surface area (TPSA) is 96.3 Å². The van der Waals surface area contributed by atoms with Gasteiger partial charge < -0.3 is 10.6 Å². The number of carbonyl (C=O) groups excluding carboxylic acids is 3. The molecule has 4 amide bonds. The van der Waals surface area contributed by atoms with Gasteiger partial charge in [-0.2, -0.15) is 5.10 Å². The number of aromatic nitrogens is 2. The van der Waals surface area contributed by atoms with Crippen LogP contribution in [0.5, 0.6) is 0 Å². The first kappa shape index (κ1) is 24.0. The number of rotatable bonds is 6. The largest absolute Gasteiger partial charge is 0.325 e. The molecule has 0 aliphatic carbocycles. The van der Waals surface area contributed by atoms with E-state index < -0.39 is 29.9 Å². The average molecular weight is 494 g/mol. The minimum Gasteiger partial charge on any atom is -0.319 e. The highest BCUT2D eigenvalue weighted by atomic mass is 16.2. The van der Waals surface area contributed by atoms with Crippen LogP contribution in [-0.4, -0.2) is 39.1 Å². The number of imide groups is 1. The third-order valence-corrected chi connectivity index (χ3v) is 6.53. The van der Waals surface area contributed by atoms with Gasteiger partial charge >= 0.3 is 6.03 Å². The summed E-state index contributed by atoms with van der Waals surface area (Å²) in [6, 6.07) is 25.9. The molecule has 1 atom stereocenters. The maximum Gasteiger partial charge on any atom is 0.325 e. The zero-order chi connectivity index (χ0) is 26.2. The second-order valence-corrected chi connectivity index (χ2v) is 9.39. The van der Waals surface area contributed by atoms with Crippen molar-refractivity contribution in [1.82, 2.24) is 20.0 Å². The van der Waals surface area contributed by atoms with Crippen LogP contribution in [0.2, 0.25) is 0 Å². The molecule has 186 valence electrons. The van der Waals surface area contributed by atoms with E-state index in [4.69, 9.17) is 5.10 Å². The van der Waals surface area contributed by atoms with E-state index in [1.807, 2.05) is 92.7 Å². The number of nitrogens with one attached hydrogen (secondary N) is 2. The zero-order valence-electron chi connectivity index (χ0n) is 20.9. The molecule has 2 heterocycles. The summed E-state index contributed by atoms with van der Waals surface area (Å²) < 4.78 is 1.63. The molecule has 1 aromatic heterocycles. The Balaban J connectivity index is 1.39. The van der Waals surface area contributed by atoms with Gasteiger partial charge in [-0.3, -0.25) is 14.5 Å². The quantitative estimate of drug-likeness (QED) is 0.385. The summed E-state index contributed by atoms with van der Waals surface area (Å²) in [7, 11) is 0. The Hall–Kier alpha value is -4.72. The van der Waals surface area contributed by atoms with Crippen LogP contribution in [0.25, 0.3) is 16.9 Å². The molecule has 5 rings (SSSR count). The van der Waals surface area contributed by atoms with Crippen molar-refractivity contribution in [2.24, 2.45) is 0 Å². The van der Waals surface area contributed by atoms with Crippen molar-refractivity contribution in [3.8, 4) is 16.9 Å². The van der Waals surface area contributed by atoms with E-state index in [0.29, 0.717) is 17.1 Å². The van der Waals surface area contributed by atoms with Crippen LogP contribution in [0.1, 0.15) is 23.6 Å². The SMILES string of the molecule is Cc1ccc(-c2cc(NC(=O)CN3C(=O)NC(C)(c4ccc(C)cc4)C3=O)n(-c3ccccc3)n2)cc1. The van der Waals surface area contributed by atoms with Crippen molar-refractivity contribution in [2.75, 3.05) is 11.9 Å². The molecule has 8 heteroatoms. The highest BCUT2D eigenvalue weighted by Gasteiger charge is 2.49. The average Bonchev–Trinajstić information content (AvgIpc) is 3.40. The highest BCUT2D eigenvalue weighted by Crippen LogP contribution is 2.29. The minimum absolute atomic E-state index is 0.425. The fourth-order valence-corrected chi connectivity index (χ4v) is 4.35. The van der Waals surface area contributed by atoms with Crippen LogP contribution < -0.4 is 10.6 Å². The Morgan fingerprint density at radius 2 is 1.54 bits per heavy atom. The van der Waals surface area contributed by atoms with Gasteiger partial charge in [0.2, 0.25) is 5.91 Å². The van der Waals surface area contributed by atoms with E-state index in [1.54, 1.807) is 17.7 Å². The molecule has 0 spiro atoms. The number of nitrogens with zero attached hydrogens (tertiary/aromatic N) is 3. The minimum atomic E-state index is -1.24. The first-order chi connectivity index (χ1) is 17.7. The lowest BCUT2D eigenvalue weighted by molar-refractivity contribution is -0.133. The molecule has 0 radical (unpaired) electrons. The van der Waals surface area contributed by atoms with E-state index in [1.165, 1.54) is 0 Å². The van der Waals surface area contributed by atoms with Gasteiger partial charge in [0.15, 0.2) is 0 Å². The van der Waals surface area contributed by atoms with Gasteiger partial charge in [0.1, 0.15) is 17.9 Å². The number of anilines is 1. The lowest BCUT2D eigenvalue weighted by Crippen LogP contribution is -2.42. The maximum atomic E-state index is 13.3. The first-order valence-electron chi connectivity index (χ1n) is 12.0. The molecule has 1 saturated heterocycles. The third kappa shape index (κ3) is 4.61. The Morgan fingerprint density at radius 1 is 0.919 bits per heavy atom. The van der Waals surface area contributed by atoms with E-state index in [2.05, 4.69) is 10.6 Å². The molecule has 1 aliphatic rings. The van der Waals surface area contributed by atoms with Crippen LogP contribution in [0.15, 0.2) is 84.9 Å². The zero-order valence-corrected chi connectivity index (χ0v) is 20.9. The van der Waals surface area contributed by atoms with Gasteiger partial charge in [0.25, 0.3) is 5.91 Å². The third-order valence-electron chi connectivity index (χ3n) is 6.53. The highest BCUT2D eigenvalue weighted by molar-refractivity contribution is 6.10. The number of urea groups is 1. The molecule has 1 fully saturated rings. The fourth-order valence-electron chi connectivity index (χ4n) is 4.35. The van der Waals surface area contributed by atoms with Gasteiger partial charge in [0.05, 0.1) is 11.4 Å². The van der Waals surface area contributed by atoms with Crippen molar-refractivity contribution in [2.45, 2.75) is 26.3 Å². The predicted octanol–water partition coefficient (Wildman–Crippen LogP) is 4.56. The summed E-state index contributed by atoms with van der Waals surface area (Å²) in [5.74, 6) is -0.558. The smallest absolute Gasteiger partial charge is 0.319 e. The molecule has 1 unspecified atom stereocenters. The van der Waals surface area contributed by atoms with Crippen molar-refractivity contribution in [3.05, 3.63) is 102 Å². The summed E-state index contributed by atoms with van der Waals surface area (Å²) in [6.07, 6.45) is 0. The summed E-state index contributed by atoms with van der Waals surface area (Å²) in [4.78, 5) is 40.0. The van der Waals surface area contributed by atoms with E-state index in [9.17, 15) is 14.4 Å². The van der Waals surface area contributed by atoms with Gasteiger partial charge in [-0.05, 0) is 38.5 Å². The number of hydrogen-bond donors (Lipinski definition) is 2. The van der Waals surface area contributed by atoms with Crippen LogP contribution in [0, 0.1) is 13.8 Å². The molecule has 2 N–H and O–H groups in total. The monoisotopic (exact) mass is 493 g/mol. The summed E-state index contributed by atoms with van der Waals surface area (Å²) >= 11 is 0. The molecular weight excluding hydrogens is 466 g/mol.